The molecule has 0 radical (unpaired) electrons. The Morgan fingerprint density at radius 1 is 0.635 bits per heavy atom. The van der Waals surface area contributed by atoms with Gasteiger partial charge in [-0.1, -0.05) is 0 Å². The Kier molecular flexibility index (Phi) is 11.0. The molecule has 6 aromatic rings. The molecule has 2 unspecified atom stereocenters. The van der Waals surface area contributed by atoms with Crippen molar-refractivity contribution < 1.29 is 61.4 Å². The van der Waals surface area contributed by atoms with E-state index in [0.717, 1.165) is 0 Å². The predicted molar refractivity (Wildman–Crippen MR) is 208 cm³/mol. The van der Waals surface area contributed by atoms with Gasteiger partial charge < -0.3 is 51.4 Å². The number of phosphoric ester groups is 2. The van der Waals surface area contributed by atoms with Gasteiger partial charge in [0.05, 0.1) is 44.9 Å². The highest BCUT2D eigenvalue weighted by atomic mass is 31.2. The number of imidazole rings is 3. The van der Waals surface area contributed by atoms with E-state index >= 15 is 0 Å². The number of aromatic amines is 3. The number of nitrogens with two attached hydrogens (primary N) is 3. The SMILES string of the molecule is Nc1nc2c(ncn2[C@H]2C[C@H](OP(=O)(O)OC[C@H]3O[C@@H](n4cnc5c(=O)[nH]c(N)nc54)C[C@@H]3OP(=O)(O)OC[C@H]3O[C@@H](n4cnc5c(=O)[nH]c(N)nc54)C[C@@H]3O)[C@@H](CO)O2)c(=O)[nH]1. The van der Waals surface area contributed by atoms with Crippen LogP contribution in [0.2, 0.25) is 0 Å². The standard InChI is InChI=1S/C30H37N15O16P2/c31-28-37-22-19(25(48)40-28)34-7-43(22)16-1-10(47)14(58-16)5-55-62(51,52)61-12-3-18(45-9-36-21-24(45)39-30(33)42-27(21)50)59-15(12)6-56-63(53,54)60-11-2-17(57-13(11)4-46)44-8-35-20-23(44)38-29(32)41-26(20)49/h7-18,46-47H,1-6H2,(H,51,52)(H,53,54)(H3,31,37,40,48)(H3,32,38,41,49)(H3,33,39,42,50)/t10-,11-,12-,13+,14+,15+,16+,17+,18+/m0/s1. The van der Waals surface area contributed by atoms with Crippen LogP contribution in [0.1, 0.15) is 37.9 Å². The van der Waals surface area contributed by atoms with Gasteiger partial charge in [0.1, 0.15) is 49.2 Å². The molecule has 11 atom stereocenters. The molecule has 3 fully saturated rings. The lowest BCUT2D eigenvalue weighted by molar-refractivity contribution is -0.0599. The van der Waals surface area contributed by atoms with Gasteiger partial charge in [0.15, 0.2) is 33.5 Å². The lowest BCUT2D eigenvalue weighted by atomic mass is 10.2. The molecule has 3 aliphatic heterocycles. The highest BCUT2D eigenvalue weighted by Crippen LogP contribution is 2.52. The molecule has 0 saturated carbocycles. The van der Waals surface area contributed by atoms with E-state index in [1.165, 1.54) is 32.7 Å². The van der Waals surface area contributed by atoms with Gasteiger partial charge in [0.2, 0.25) is 17.8 Å². The van der Waals surface area contributed by atoms with E-state index in [1.54, 1.807) is 0 Å². The number of rotatable bonds is 14. The molecule has 0 aliphatic carbocycles. The minimum absolute atomic E-state index is 0.0322. The zero-order valence-corrected chi connectivity index (χ0v) is 33.8. The first-order chi connectivity index (χ1) is 30.0. The number of hydrogen-bond acceptors (Lipinski definition) is 23. The summed E-state index contributed by atoms with van der Waals surface area (Å²) in [6, 6.07) is 0. The maximum absolute atomic E-state index is 13.5. The Morgan fingerprint density at radius 2 is 1.00 bits per heavy atom. The average molecular weight is 926 g/mol. The van der Waals surface area contributed by atoms with Crippen LogP contribution in [0.25, 0.3) is 33.5 Å². The van der Waals surface area contributed by atoms with E-state index in [9.17, 15) is 43.5 Å². The molecule has 33 heteroatoms. The predicted octanol–water partition coefficient (Wildman–Crippen LogP) is -2.65. The van der Waals surface area contributed by atoms with Crippen LogP contribution in [0.5, 0.6) is 0 Å². The second-order valence-corrected chi connectivity index (χ2v) is 17.3. The summed E-state index contributed by atoms with van der Waals surface area (Å²) in [5.41, 5.74) is 15.1. The number of nitrogens with one attached hydrogen (secondary N) is 3. The van der Waals surface area contributed by atoms with Crippen LogP contribution in [0.4, 0.5) is 17.8 Å². The zero-order chi connectivity index (χ0) is 44.5. The van der Waals surface area contributed by atoms with E-state index in [2.05, 4.69) is 44.9 Å². The van der Waals surface area contributed by atoms with Crippen molar-refractivity contribution in [2.24, 2.45) is 0 Å². The van der Waals surface area contributed by atoms with Crippen molar-refractivity contribution in [3.05, 3.63) is 50.0 Å². The summed E-state index contributed by atoms with van der Waals surface area (Å²) in [4.78, 5) is 90.1. The van der Waals surface area contributed by atoms with Crippen LogP contribution in [0.3, 0.4) is 0 Å². The number of aliphatic hydroxyl groups is 2. The van der Waals surface area contributed by atoms with Crippen molar-refractivity contribution in [2.45, 2.75) is 74.6 Å². The molecule has 63 heavy (non-hydrogen) atoms. The van der Waals surface area contributed by atoms with Gasteiger partial charge in [-0.15, -0.1) is 0 Å². The fourth-order valence-corrected chi connectivity index (χ4v) is 9.43. The fraction of sp³-hybridized carbons (Fsp3) is 0.500. The topological polar surface area (TPSA) is 448 Å². The highest BCUT2D eigenvalue weighted by Gasteiger charge is 2.46. The van der Waals surface area contributed by atoms with Crippen molar-refractivity contribution in [3.63, 3.8) is 0 Å². The van der Waals surface area contributed by atoms with Crippen LogP contribution in [-0.4, -0.2) is 135 Å². The van der Waals surface area contributed by atoms with Crippen molar-refractivity contribution in [2.75, 3.05) is 37.0 Å². The van der Waals surface area contributed by atoms with Crippen LogP contribution in [0, 0.1) is 0 Å². The number of nitrogens with zero attached hydrogens (tertiary/aromatic N) is 9. The first kappa shape index (κ1) is 42.8. The summed E-state index contributed by atoms with van der Waals surface area (Å²) in [6.45, 7) is -2.17. The van der Waals surface area contributed by atoms with Gasteiger partial charge in [0, 0.05) is 19.3 Å². The maximum atomic E-state index is 13.5. The number of aromatic nitrogens is 12. The van der Waals surface area contributed by atoms with Crippen LogP contribution in [0.15, 0.2) is 33.4 Å². The molecule has 31 nitrogen and oxygen atoms in total. The third kappa shape index (κ3) is 8.37. The van der Waals surface area contributed by atoms with Crippen LogP contribution in [-0.2, 0) is 41.4 Å². The second-order valence-electron chi connectivity index (χ2n) is 14.5. The molecular weight excluding hydrogens is 888 g/mol. The van der Waals surface area contributed by atoms with E-state index in [4.69, 9.17) is 49.5 Å². The van der Waals surface area contributed by atoms with Gasteiger partial charge in [-0.2, -0.15) is 15.0 Å². The van der Waals surface area contributed by atoms with Crippen LogP contribution < -0.4 is 33.9 Å². The lowest BCUT2D eigenvalue weighted by Gasteiger charge is -2.24. The molecule has 9 rings (SSSR count). The van der Waals surface area contributed by atoms with Crippen LogP contribution >= 0.6 is 15.6 Å². The molecule has 0 amide bonds. The molecule has 338 valence electrons. The van der Waals surface area contributed by atoms with Gasteiger partial charge in [-0.05, 0) is 0 Å². The first-order valence-electron chi connectivity index (χ1n) is 18.7. The van der Waals surface area contributed by atoms with Gasteiger partial charge in [-0.3, -0.25) is 61.1 Å². The molecular formula is C30H37N15O16P2. The van der Waals surface area contributed by atoms with Crippen molar-refractivity contribution in [1.82, 2.24) is 58.6 Å². The van der Waals surface area contributed by atoms with E-state index in [0.29, 0.717) is 0 Å². The Bertz CT molecular complexity index is 2990. The van der Waals surface area contributed by atoms with Crippen molar-refractivity contribution >= 4 is 67.0 Å². The summed E-state index contributed by atoms with van der Waals surface area (Å²) in [5.74, 6) is -0.643. The number of hydrogen-bond donors (Lipinski definition) is 10. The van der Waals surface area contributed by atoms with Gasteiger partial charge >= 0.3 is 15.6 Å². The molecule has 0 spiro atoms. The maximum Gasteiger partial charge on any atom is 0.472 e. The summed E-state index contributed by atoms with van der Waals surface area (Å²) >= 11 is 0. The van der Waals surface area contributed by atoms with E-state index in [1.807, 2.05) is 0 Å². The number of nitrogen functional groups attached to an aromatic ring is 3. The largest absolute Gasteiger partial charge is 0.472 e. The summed E-state index contributed by atoms with van der Waals surface area (Å²) in [5, 5.41) is 20.8. The second kappa shape index (κ2) is 16.2. The lowest BCUT2D eigenvalue weighted by Crippen LogP contribution is -2.31. The molecule has 3 saturated heterocycles. The number of fused-ring (bicyclic) bond motifs is 3. The average Bonchev–Trinajstić information content (AvgIpc) is 4.06. The molecule has 3 aliphatic rings. The van der Waals surface area contributed by atoms with Gasteiger partial charge in [-0.25, -0.2) is 24.1 Å². The molecule has 9 heterocycles. The van der Waals surface area contributed by atoms with Crippen molar-refractivity contribution in [3.8, 4) is 0 Å². The highest BCUT2D eigenvalue weighted by molar-refractivity contribution is 7.47. The zero-order valence-electron chi connectivity index (χ0n) is 32.0. The Labute approximate surface area is 348 Å². The summed E-state index contributed by atoms with van der Waals surface area (Å²) < 4.78 is 70.2. The number of aliphatic hydroxyl groups excluding tert-OH is 2. The minimum atomic E-state index is -5.10. The van der Waals surface area contributed by atoms with Gasteiger partial charge in [0.25, 0.3) is 16.7 Å². The quantitative estimate of drug-likeness (QED) is 0.0499. The van der Waals surface area contributed by atoms with E-state index in [-0.39, 0.29) is 70.6 Å². The number of H-pyrrole nitrogens is 3. The summed E-state index contributed by atoms with van der Waals surface area (Å²) in [7, 11) is -10.2. The third-order valence-corrected chi connectivity index (χ3v) is 12.4. The number of phosphoric acid groups is 2. The first-order valence-corrected chi connectivity index (χ1v) is 21.7. The molecule has 6 aromatic heterocycles. The molecule has 0 aromatic carbocycles. The smallest absolute Gasteiger partial charge is 0.394 e. The minimum Gasteiger partial charge on any atom is -0.394 e. The fourth-order valence-electron chi connectivity index (χ4n) is 7.51. The summed E-state index contributed by atoms with van der Waals surface area (Å²) in [6.07, 6.45) is -7.64. The molecule has 0 bridgehead atoms. The Hall–Kier alpha value is -5.53. The Morgan fingerprint density at radius 3 is 1.43 bits per heavy atom. The monoisotopic (exact) mass is 925 g/mol. The third-order valence-electron chi connectivity index (χ3n) is 10.4. The number of ether oxygens (including phenoxy) is 3. The Balaban J connectivity index is 0.890. The number of anilines is 3. The van der Waals surface area contributed by atoms with Crippen molar-refractivity contribution in [1.29, 1.82) is 0 Å². The van der Waals surface area contributed by atoms with E-state index < -0.39 is 107 Å². The normalized spacial score (nSPS) is 28.3. The molecule has 13 N–H and O–H groups in total.